The number of fused-ring (bicyclic) bond motifs is 3. The molecule has 12 heavy (non-hydrogen) atoms. The van der Waals surface area contributed by atoms with Crippen molar-refractivity contribution in [3.8, 4) is 0 Å². The lowest BCUT2D eigenvalue weighted by molar-refractivity contribution is 0.107. The lowest BCUT2D eigenvalue weighted by atomic mass is 10.2. The van der Waals surface area contributed by atoms with E-state index in [1.807, 2.05) is 0 Å². The van der Waals surface area contributed by atoms with Crippen LogP contribution in [0.3, 0.4) is 0 Å². The molecule has 1 unspecified atom stereocenters. The smallest absolute Gasteiger partial charge is 0.154 e. The molecule has 3 heterocycles. The minimum absolute atomic E-state index is 0.337. The number of hydrogen-bond acceptors (Lipinski definition) is 3. The first-order valence-electron chi connectivity index (χ1n) is 4.34. The Morgan fingerprint density at radius 1 is 1.50 bits per heavy atom. The second-order valence-corrected chi connectivity index (χ2v) is 3.26. The molecule has 4 heteroatoms. The van der Waals surface area contributed by atoms with Gasteiger partial charge < -0.3 is 4.57 Å². The maximum absolute atomic E-state index is 3.38. The number of hydrogen-bond donors (Lipinski definition) is 2. The number of rotatable bonds is 0. The van der Waals surface area contributed by atoms with E-state index in [-0.39, 0.29) is 0 Å². The van der Waals surface area contributed by atoms with Crippen LogP contribution < -0.4 is 10.7 Å². The normalized spacial score (nSPS) is 28.5. The van der Waals surface area contributed by atoms with Gasteiger partial charge in [0.15, 0.2) is 6.29 Å². The summed E-state index contributed by atoms with van der Waals surface area (Å²) in [7, 11) is 0. The van der Waals surface area contributed by atoms with Crippen molar-refractivity contribution in [3.05, 3.63) is 24.0 Å². The van der Waals surface area contributed by atoms with E-state index in [0.717, 1.165) is 19.6 Å². The molecule has 0 saturated carbocycles. The summed E-state index contributed by atoms with van der Waals surface area (Å²) in [5, 5.41) is 5.62. The average Bonchev–Trinajstić information content (AvgIpc) is 2.71. The van der Waals surface area contributed by atoms with Crippen molar-refractivity contribution < 1.29 is 0 Å². The molecular weight excluding hydrogens is 152 g/mol. The monoisotopic (exact) mass is 164 g/mol. The fourth-order valence-electron chi connectivity index (χ4n) is 2.00. The molecule has 2 aliphatic rings. The molecule has 2 N–H and O–H groups in total. The minimum Gasteiger partial charge on any atom is -0.322 e. The summed E-state index contributed by atoms with van der Waals surface area (Å²) < 4.78 is 2.28. The van der Waals surface area contributed by atoms with Crippen molar-refractivity contribution in [2.75, 3.05) is 13.2 Å². The summed E-state index contributed by atoms with van der Waals surface area (Å²) in [6.07, 6.45) is 3.60. The lowest BCUT2D eigenvalue weighted by Crippen LogP contribution is -2.42. The van der Waals surface area contributed by atoms with Crippen LogP contribution in [0, 0.1) is 0 Å². The number of aromatic nitrogens is 1. The molecule has 1 atom stereocenters. The first-order valence-corrected chi connectivity index (χ1v) is 4.34. The Bertz CT molecular complexity index is 293. The molecule has 0 radical (unpaired) electrons. The van der Waals surface area contributed by atoms with E-state index in [0.29, 0.717) is 6.29 Å². The highest BCUT2D eigenvalue weighted by Gasteiger charge is 2.29. The summed E-state index contributed by atoms with van der Waals surface area (Å²) in [4.78, 5) is 0. The van der Waals surface area contributed by atoms with Gasteiger partial charge in [-0.2, -0.15) is 0 Å². The first kappa shape index (κ1) is 6.65. The number of nitrogens with zero attached hydrogens (tertiary/aromatic N) is 2. The summed E-state index contributed by atoms with van der Waals surface area (Å²) in [5.74, 6) is 0. The molecule has 3 rings (SSSR count). The van der Waals surface area contributed by atoms with E-state index in [9.17, 15) is 0 Å². The molecular formula is C8H12N4. The van der Waals surface area contributed by atoms with Crippen LogP contribution in [-0.4, -0.2) is 22.8 Å². The Balaban J connectivity index is 2.04. The predicted octanol–water partition coefficient (Wildman–Crippen LogP) is -0.132. The van der Waals surface area contributed by atoms with Crippen molar-refractivity contribution in [2.24, 2.45) is 0 Å². The van der Waals surface area contributed by atoms with Gasteiger partial charge in [-0.1, -0.05) is 0 Å². The van der Waals surface area contributed by atoms with Gasteiger partial charge in [0.1, 0.15) is 0 Å². The van der Waals surface area contributed by atoms with Crippen molar-refractivity contribution in [2.45, 2.75) is 12.7 Å². The molecule has 0 aliphatic carbocycles. The summed E-state index contributed by atoms with van der Waals surface area (Å²) in [6.45, 7) is 1.98. The highest BCUT2D eigenvalue weighted by atomic mass is 15.7. The number of nitrogens with one attached hydrogen (secondary N) is 2. The molecule has 4 nitrogen and oxygen atoms in total. The number of hydrazine groups is 1. The Hall–Kier alpha value is -0.840. The molecule has 0 amide bonds. The van der Waals surface area contributed by atoms with Gasteiger partial charge in [-0.05, 0) is 12.1 Å². The third-order valence-electron chi connectivity index (χ3n) is 2.60. The minimum atomic E-state index is 0.337. The maximum Gasteiger partial charge on any atom is 0.154 e. The molecule has 1 aromatic rings. The second kappa shape index (κ2) is 2.32. The molecule has 64 valence electrons. The molecule has 1 fully saturated rings. The summed E-state index contributed by atoms with van der Waals surface area (Å²) in [5.41, 5.74) is 4.71. The Morgan fingerprint density at radius 2 is 2.50 bits per heavy atom. The van der Waals surface area contributed by atoms with Crippen LogP contribution in [0.5, 0.6) is 0 Å². The van der Waals surface area contributed by atoms with Crippen LogP contribution in [0.2, 0.25) is 0 Å². The van der Waals surface area contributed by atoms with Crippen LogP contribution in [0.4, 0.5) is 0 Å². The molecule has 1 saturated heterocycles. The third kappa shape index (κ3) is 0.769. The SMILES string of the molecule is c1cc2n(c1)C1NCNN1CC2. The van der Waals surface area contributed by atoms with E-state index >= 15 is 0 Å². The van der Waals surface area contributed by atoms with Crippen molar-refractivity contribution in [1.29, 1.82) is 0 Å². The van der Waals surface area contributed by atoms with Gasteiger partial charge in [-0.15, -0.1) is 0 Å². The van der Waals surface area contributed by atoms with Crippen LogP contribution >= 0.6 is 0 Å². The zero-order valence-electron chi connectivity index (χ0n) is 6.83. The molecule has 0 aromatic carbocycles. The van der Waals surface area contributed by atoms with Gasteiger partial charge in [-0.3, -0.25) is 5.32 Å². The molecule has 2 aliphatic heterocycles. The Morgan fingerprint density at radius 3 is 3.50 bits per heavy atom. The Kier molecular flexibility index (Phi) is 1.29. The fourth-order valence-corrected chi connectivity index (χ4v) is 2.00. The van der Waals surface area contributed by atoms with Crippen molar-refractivity contribution in [1.82, 2.24) is 20.3 Å². The van der Waals surface area contributed by atoms with Gasteiger partial charge in [0.05, 0.1) is 6.67 Å². The topological polar surface area (TPSA) is 32.2 Å². The van der Waals surface area contributed by atoms with Crippen molar-refractivity contribution in [3.63, 3.8) is 0 Å². The van der Waals surface area contributed by atoms with Gasteiger partial charge in [0, 0.05) is 24.9 Å². The largest absolute Gasteiger partial charge is 0.322 e. The predicted molar refractivity (Wildman–Crippen MR) is 45.0 cm³/mol. The van der Waals surface area contributed by atoms with Gasteiger partial charge >= 0.3 is 0 Å². The van der Waals surface area contributed by atoms with Crippen LogP contribution in [0.25, 0.3) is 0 Å². The average molecular weight is 164 g/mol. The quantitative estimate of drug-likeness (QED) is 0.560. The van der Waals surface area contributed by atoms with Gasteiger partial charge in [0.25, 0.3) is 0 Å². The fraction of sp³-hybridized carbons (Fsp3) is 0.500. The van der Waals surface area contributed by atoms with E-state index in [2.05, 4.69) is 38.6 Å². The maximum atomic E-state index is 3.38. The van der Waals surface area contributed by atoms with Crippen LogP contribution in [0.15, 0.2) is 18.3 Å². The summed E-state index contributed by atoms with van der Waals surface area (Å²) >= 11 is 0. The Labute approximate surface area is 71.1 Å². The molecule has 0 bridgehead atoms. The van der Waals surface area contributed by atoms with E-state index in [4.69, 9.17) is 0 Å². The van der Waals surface area contributed by atoms with Crippen LogP contribution in [0.1, 0.15) is 12.0 Å². The highest BCUT2D eigenvalue weighted by Crippen LogP contribution is 2.20. The zero-order valence-corrected chi connectivity index (χ0v) is 6.83. The highest BCUT2D eigenvalue weighted by molar-refractivity contribution is 5.11. The van der Waals surface area contributed by atoms with Crippen LogP contribution in [-0.2, 0) is 6.42 Å². The lowest BCUT2D eigenvalue weighted by Gasteiger charge is -2.30. The van der Waals surface area contributed by atoms with E-state index < -0.39 is 0 Å². The molecule has 1 aromatic heterocycles. The van der Waals surface area contributed by atoms with E-state index in [1.165, 1.54) is 5.69 Å². The van der Waals surface area contributed by atoms with Crippen molar-refractivity contribution >= 4 is 0 Å². The van der Waals surface area contributed by atoms with Gasteiger partial charge in [-0.25, -0.2) is 10.4 Å². The first-order chi connectivity index (χ1) is 5.95. The summed E-state index contributed by atoms with van der Waals surface area (Å²) in [6, 6.07) is 4.30. The standard InChI is InChI=1S/C8H12N4/c1-2-7-3-5-12-8(9-6-10-12)11(7)4-1/h1-2,4,8-10H,3,5-6H2. The second-order valence-electron chi connectivity index (χ2n) is 3.26. The van der Waals surface area contributed by atoms with E-state index in [1.54, 1.807) is 0 Å². The zero-order chi connectivity index (χ0) is 7.97. The molecule has 0 spiro atoms. The third-order valence-corrected chi connectivity index (χ3v) is 2.60. The van der Waals surface area contributed by atoms with Gasteiger partial charge in [0.2, 0.25) is 0 Å².